The zero-order valence-electron chi connectivity index (χ0n) is 12.1. The van der Waals surface area contributed by atoms with Crippen LogP contribution in [0, 0.1) is 23.2 Å². The first-order chi connectivity index (χ1) is 9.12. The fraction of sp³-hybridized carbons (Fsp3) is 0.733. The van der Waals surface area contributed by atoms with Gasteiger partial charge in [-0.3, -0.25) is 0 Å². The first kappa shape index (κ1) is 13.6. The highest BCUT2D eigenvalue weighted by Gasteiger charge is 2.75. The van der Waals surface area contributed by atoms with E-state index in [1.165, 1.54) is 6.92 Å². The van der Waals surface area contributed by atoms with Gasteiger partial charge in [-0.25, -0.2) is 9.59 Å². The van der Waals surface area contributed by atoms with Gasteiger partial charge in [0.1, 0.15) is 5.60 Å². The highest BCUT2D eigenvalue weighted by molar-refractivity contribution is 6.00. The van der Waals surface area contributed by atoms with Crippen molar-refractivity contribution in [3.8, 4) is 0 Å². The molecule has 2 saturated carbocycles. The third-order valence-corrected chi connectivity index (χ3v) is 5.77. The van der Waals surface area contributed by atoms with E-state index in [0.29, 0.717) is 5.92 Å². The number of hydrogen-bond donors (Lipinski definition) is 2. The van der Waals surface area contributed by atoms with Crippen LogP contribution in [0.25, 0.3) is 0 Å². The Balaban J connectivity index is 2.10. The van der Waals surface area contributed by atoms with Crippen LogP contribution in [0.2, 0.25) is 0 Å². The van der Waals surface area contributed by atoms with Gasteiger partial charge in [-0.05, 0) is 31.6 Å². The monoisotopic (exact) mass is 280 g/mol. The Kier molecular flexibility index (Phi) is 2.48. The van der Waals surface area contributed by atoms with E-state index in [1.807, 2.05) is 6.92 Å². The molecule has 3 rings (SSSR count). The van der Waals surface area contributed by atoms with Gasteiger partial charge in [0.2, 0.25) is 0 Å². The van der Waals surface area contributed by atoms with E-state index >= 15 is 0 Å². The van der Waals surface area contributed by atoms with E-state index in [2.05, 4.69) is 13.8 Å². The van der Waals surface area contributed by atoms with Gasteiger partial charge in [0.25, 0.3) is 0 Å². The Hall–Kier alpha value is -1.36. The quantitative estimate of drug-likeness (QED) is 0.559. The third-order valence-electron chi connectivity index (χ3n) is 5.77. The molecule has 1 aliphatic heterocycles. The molecule has 1 saturated heterocycles. The summed E-state index contributed by atoms with van der Waals surface area (Å²) >= 11 is 0. The molecule has 2 aliphatic carbocycles. The zero-order valence-corrected chi connectivity index (χ0v) is 12.1. The maximum absolute atomic E-state index is 12.2. The molecule has 3 aliphatic rings. The van der Waals surface area contributed by atoms with Gasteiger partial charge in [0.15, 0.2) is 0 Å². The number of fused-ring (bicyclic) bond motifs is 3. The van der Waals surface area contributed by atoms with Crippen LogP contribution in [0.3, 0.4) is 0 Å². The summed E-state index contributed by atoms with van der Waals surface area (Å²) in [6, 6.07) is 0. The molecule has 5 atom stereocenters. The van der Waals surface area contributed by atoms with Crippen LogP contribution >= 0.6 is 0 Å². The Bertz CT molecular complexity index is 546. The molecule has 0 spiro atoms. The number of aliphatic hydroxyl groups excluding tert-OH is 1. The number of esters is 1. The first-order valence-corrected chi connectivity index (χ1v) is 6.97. The molecule has 2 N–H and O–H groups in total. The second kappa shape index (κ2) is 3.64. The number of ether oxygens (including phenoxy) is 1. The van der Waals surface area contributed by atoms with Gasteiger partial charge >= 0.3 is 11.9 Å². The van der Waals surface area contributed by atoms with Crippen molar-refractivity contribution >= 4 is 11.9 Å². The number of rotatable bonds is 1. The second-order valence-corrected chi connectivity index (χ2v) is 7.11. The minimum absolute atomic E-state index is 0.0886. The molecular formula is C15H20O5. The molecule has 0 bridgehead atoms. The minimum atomic E-state index is -1.19. The van der Waals surface area contributed by atoms with Crippen LogP contribution < -0.4 is 0 Å². The van der Waals surface area contributed by atoms with Crippen LogP contribution in [-0.4, -0.2) is 33.9 Å². The number of carbonyl (C=O) groups excluding carboxylic acids is 1. The predicted octanol–water partition coefficient (Wildman–Crippen LogP) is 1.36. The maximum atomic E-state index is 12.2. The molecule has 5 unspecified atom stereocenters. The summed E-state index contributed by atoms with van der Waals surface area (Å²) in [4.78, 5) is 23.3. The molecule has 1 heterocycles. The van der Waals surface area contributed by atoms with Crippen LogP contribution in [0.4, 0.5) is 0 Å². The average molecular weight is 280 g/mol. The van der Waals surface area contributed by atoms with Gasteiger partial charge in [-0.15, -0.1) is 0 Å². The fourth-order valence-electron chi connectivity index (χ4n) is 4.74. The van der Waals surface area contributed by atoms with Crippen molar-refractivity contribution in [1.82, 2.24) is 0 Å². The first-order valence-electron chi connectivity index (χ1n) is 6.97. The molecule has 20 heavy (non-hydrogen) atoms. The number of carboxylic acids is 1. The third kappa shape index (κ3) is 1.41. The summed E-state index contributed by atoms with van der Waals surface area (Å²) in [5.41, 5.74) is -1.05. The Labute approximate surface area is 117 Å². The maximum Gasteiger partial charge on any atom is 0.337 e. The van der Waals surface area contributed by atoms with Crippen molar-refractivity contribution in [2.75, 3.05) is 0 Å². The molecule has 3 fully saturated rings. The molecule has 0 radical (unpaired) electrons. The number of aliphatic carboxylic acids is 1. The van der Waals surface area contributed by atoms with Crippen LogP contribution in [0.15, 0.2) is 11.1 Å². The van der Waals surface area contributed by atoms with Gasteiger partial charge in [-0.1, -0.05) is 13.8 Å². The summed E-state index contributed by atoms with van der Waals surface area (Å²) < 4.78 is 5.62. The van der Waals surface area contributed by atoms with E-state index in [-0.39, 0.29) is 28.4 Å². The Morgan fingerprint density at radius 1 is 1.30 bits per heavy atom. The number of hydrogen-bond acceptors (Lipinski definition) is 4. The molecule has 0 aromatic rings. The molecular weight excluding hydrogens is 260 g/mol. The van der Waals surface area contributed by atoms with Crippen molar-refractivity contribution < 1.29 is 24.5 Å². The summed E-state index contributed by atoms with van der Waals surface area (Å²) in [6.45, 7) is 7.37. The Morgan fingerprint density at radius 3 is 2.45 bits per heavy atom. The minimum Gasteiger partial charge on any atom is -0.478 e. The van der Waals surface area contributed by atoms with Crippen molar-refractivity contribution in [1.29, 1.82) is 0 Å². The van der Waals surface area contributed by atoms with Crippen LogP contribution in [0.5, 0.6) is 0 Å². The smallest absolute Gasteiger partial charge is 0.337 e. The van der Waals surface area contributed by atoms with Crippen molar-refractivity contribution in [2.24, 2.45) is 23.2 Å². The predicted molar refractivity (Wildman–Crippen MR) is 69.7 cm³/mol. The van der Waals surface area contributed by atoms with Gasteiger partial charge < -0.3 is 14.9 Å². The van der Waals surface area contributed by atoms with Crippen LogP contribution in [0.1, 0.15) is 34.1 Å². The van der Waals surface area contributed by atoms with Gasteiger partial charge in [-0.2, -0.15) is 0 Å². The van der Waals surface area contributed by atoms with E-state index in [0.717, 1.165) is 6.42 Å². The van der Waals surface area contributed by atoms with Crippen LogP contribution in [-0.2, 0) is 14.3 Å². The number of carbonyl (C=O) groups is 2. The lowest BCUT2D eigenvalue weighted by Crippen LogP contribution is -2.55. The SMILES string of the molecule is CC(C(=O)O)=C1C(=O)OC2(C)C3CC3C(C)(C)C2C1O. The highest BCUT2D eigenvalue weighted by Crippen LogP contribution is 2.72. The highest BCUT2D eigenvalue weighted by atomic mass is 16.6. The second-order valence-electron chi connectivity index (χ2n) is 7.11. The van der Waals surface area contributed by atoms with Crippen molar-refractivity contribution in [2.45, 2.75) is 45.8 Å². The molecule has 0 aromatic carbocycles. The standard InChI is InChI=1S/C15H20O5/c1-6(12(17)18)9-10(16)11-14(2,3)7-5-8(7)15(11,4)20-13(9)19/h7-8,10-11,16H,5H2,1-4H3,(H,17,18). The topological polar surface area (TPSA) is 83.8 Å². The number of aliphatic hydroxyl groups is 1. The molecule has 5 nitrogen and oxygen atoms in total. The largest absolute Gasteiger partial charge is 0.478 e. The van der Waals surface area contributed by atoms with E-state index < -0.39 is 23.6 Å². The lowest BCUT2D eigenvalue weighted by molar-refractivity contribution is -0.183. The Morgan fingerprint density at radius 2 is 1.90 bits per heavy atom. The van der Waals surface area contributed by atoms with Crippen molar-refractivity contribution in [3.05, 3.63) is 11.1 Å². The lowest BCUT2D eigenvalue weighted by atomic mass is 9.66. The summed E-state index contributed by atoms with van der Waals surface area (Å²) in [7, 11) is 0. The zero-order chi connectivity index (χ0) is 15.0. The normalized spacial score (nSPS) is 47.1. The van der Waals surface area contributed by atoms with E-state index in [1.54, 1.807) is 0 Å². The summed E-state index contributed by atoms with van der Waals surface area (Å²) in [5.74, 6) is -1.40. The van der Waals surface area contributed by atoms with E-state index in [4.69, 9.17) is 9.84 Å². The van der Waals surface area contributed by atoms with Gasteiger partial charge in [0, 0.05) is 17.4 Å². The fourth-order valence-corrected chi connectivity index (χ4v) is 4.74. The van der Waals surface area contributed by atoms with E-state index in [9.17, 15) is 14.7 Å². The van der Waals surface area contributed by atoms with Gasteiger partial charge in [0.05, 0.1) is 11.7 Å². The molecule has 0 amide bonds. The summed E-state index contributed by atoms with van der Waals surface area (Å²) in [6.07, 6.45) is -0.0584. The molecule has 110 valence electrons. The van der Waals surface area contributed by atoms with Crippen molar-refractivity contribution in [3.63, 3.8) is 0 Å². The molecule has 0 aromatic heterocycles. The summed E-state index contributed by atoms with van der Waals surface area (Å²) in [5, 5.41) is 19.7. The lowest BCUT2D eigenvalue weighted by Gasteiger charge is -2.47. The average Bonchev–Trinajstić information content (AvgIpc) is 3.04. The number of carboxylic acid groups (broad SMARTS) is 1. The molecule has 5 heteroatoms.